The Morgan fingerprint density at radius 3 is 2.62 bits per heavy atom. The molecule has 0 spiro atoms. The summed E-state index contributed by atoms with van der Waals surface area (Å²) in [5, 5.41) is 9.35. The highest BCUT2D eigenvalue weighted by molar-refractivity contribution is 6.31. The lowest BCUT2D eigenvalue weighted by molar-refractivity contribution is 0.0660. The smallest absolute Gasteiger partial charge is 0.371 e. The largest absolute Gasteiger partial charge is 0.475 e. The second-order valence-corrected chi connectivity index (χ2v) is 3.75. The van der Waals surface area contributed by atoms with Crippen molar-refractivity contribution in [2.45, 2.75) is 6.42 Å². The van der Waals surface area contributed by atoms with Crippen molar-refractivity contribution in [3.63, 3.8) is 0 Å². The summed E-state index contributed by atoms with van der Waals surface area (Å²) in [5.74, 6) is -0.530. The molecule has 0 amide bonds. The molecule has 0 fully saturated rings. The fourth-order valence-electron chi connectivity index (χ4n) is 1.42. The molecule has 0 saturated carbocycles. The number of rotatable bonds is 3. The molecule has 0 saturated heterocycles. The molecule has 2 aromatic rings. The first-order chi connectivity index (χ1) is 7.66. The molecule has 0 radical (unpaired) electrons. The van der Waals surface area contributed by atoms with Crippen molar-refractivity contribution < 1.29 is 14.3 Å². The predicted octanol–water partition coefficient (Wildman–Crippen LogP) is 3.22. The van der Waals surface area contributed by atoms with Crippen LogP contribution in [0.5, 0.6) is 0 Å². The molecule has 3 nitrogen and oxygen atoms in total. The maximum Gasteiger partial charge on any atom is 0.371 e. The van der Waals surface area contributed by atoms with E-state index in [0.29, 0.717) is 17.2 Å². The summed E-state index contributed by atoms with van der Waals surface area (Å²) < 4.78 is 5.15. The van der Waals surface area contributed by atoms with Crippen molar-refractivity contribution in [3.8, 4) is 0 Å². The van der Waals surface area contributed by atoms with Gasteiger partial charge in [0.15, 0.2) is 0 Å². The van der Waals surface area contributed by atoms with Crippen LogP contribution in [0.4, 0.5) is 0 Å². The number of furan rings is 1. The van der Waals surface area contributed by atoms with Crippen LogP contribution in [0.3, 0.4) is 0 Å². The lowest BCUT2D eigenvalue weighted by Gasteiger charge is -2.00. The minimum Gasteiger partial charge on any atom is -0.475 e. The molecule has 0 aliphatic carbocycles. The van der Waals surface area contributed by atoms with Gasteiger partial charge in [0.2, 0.25) is 5.76 Å². The van der Waals surface area contributed by atoms with Crippen molar-refractivity contribution in [1.29, 1.82) is 0 Å². The Balaban J connectivity index is 2.21. The zero-order valence-electron chi connectivity index (χ0n) is 8.31. The van der Waals surface area contributed by atoms with Gasteiger partial charge in [-0.25, -0.2) is 4.79 Å². The van der Waals surface area contributed by atoms with Gasteiger partial charge >= 0.3 is 5.97 Å². The summed E-state index contributed by atoms with van der Waals surface area (Å²) >= 11 is 5.99. The van der Waals surface area contributed by atoms with E-state index in [1.165, 1.54) is 6.07 Å². The van der Waals surface area contributed by atoms with Gasteiger partial charge in [-0.2, -0.15) is 0 Å². The molecule has 1 heterocycles. The fraction of sp³-hybridized carbons (Fsp3) is 0.0833. The van der Waals surface area contributed by atoms with Crippen LogP contribution in [0.25, 0.3) is 0 Å². The molecule has 0 aliphatic rings. The highest BCUT2D eigenvalue weighted by Gasteiger charge is 2.10. The first-order valence-corrected chi connectivity index (χ1v) is 5.10. The number of carbonyl (C=O) groups is 1. The van der Waals surface area contributed by atoms with Gasteiger partial charge in [-0.05, 0) is 23.8 Å². The molecule has 0 atom stereocenters. The highest BCUT2D eigenvalue weighted by Crippen LogP contribution is 2.20. The Morgan fingerprint density at radius 1 is 1.25 bits per heavy atom. The van der Waals surface area contributed by atoms with Gasteiger partial charge in [0.25, 0.3) is 0 Å². The van der Waals surface area contributed by atoms with E-state index in [2.05, 4.69) is 0 Å². The minimum atomic E-state index is -1.06. The van der Waals surface area contributed by atoms with Crippen LogP contribution in [0, 0.1) is 0 Å². The number of hydrogen-bond donors (Lipinski definition) is 1. The van der Waals surface area contributed by atoms with E-state index in [-0.39, 0.29) is 5.76 Å². The van der Waals surface area contributed by atoms with Crippen molar-refractivity contribution in [3.05, 3.63) is 58.5 Å². The molecule has 4 heteroatoms. The van der Waals surface area contributed by atoms with Crippen molar-refractivity contribution in [2.24, 2.45) is 0 Å². The maximum atomic E-state index is 10.6. The van der Waals surface area contributed by atoms with E-state index in [1.807, 2.05) is 18.2 Å². The van der Waals surface area contributed by atoms with Crippen LogP contribution < -0.4 is 0 Å². The average molecular weight is 237 g/mol. The molecule has 2 rings (SSSR count). The zero-order valence-corrected chi connectivity index (χ0v) is 9.07. The lowest BCUT2D eigenvalue weighted by Crippen LogP contribution is -1.92. The van der Waals surface area contributed by atoms with Gasteiger partial charge in [0, 0.05) is 11.4 Å². The quantitative estimate of drug-likeness (QED) is 0.890. The predicted molar refractivity (Wildman–Crippen MR) is 59.9 cm³/mol. The fourth-order valence-corrected chi connectivity index (χ4v) is 1.62. The Morgan fingerprint density at radius 2 is 2.00 bits per heavy atom. The van der Waals surface area contributed by atoms with Gasteiger partial charge in [-0.3, -0.25) is 0 Å². The second-order valence-electron chi connectivity index (χ2n) is 3.34. The first-order valence-electron chi connectivity index (χ1n) is 4.72. The van der Waals surface area contributed by atoms with Gasteiger partial charge < -0.3 is 9.52 Å². The molecule has 1 aromatic carbocycles. The number of carboxylic acid groups (broad SMARTS) is 1. The number of benzene rings is 1. The minimum absolute atomic E-state index is 0.0537. The normalized spacial score (nSPS) is 10.3. The third-order valence-electron chi connectivity index (χ3n) is 2.19. The highest BCUT2D eigenvalue weighted by atomic mass is 35.5. The molecule has 0 bridgehead atoms. The first kappa shape index (κ1) is 10.8. The van der Waals surface area contributed by atoms with E-state index in [0.717, 1.165) is 5.56 Å². The Labute approximate surface area is 97.3 Å². The zero-order chi connectivity index (χ0) is 11.5. The Hall–Kier alpha value is -1.74. The van der Waals surface area contributed by atoms with E-state index >= 15 is 0 Å². The molecule has 0 aliphatic heterocycles. The monoisotopic (exact) mass is 236 g/mol. The van der Waals surface area contributed by atoms with Crippen LogP contribution in [0.1, 0.15) is 21.9 Å². The Kier molecular flexibility index (Phi) is 2.97. The molecule has 1 aromatic heterocycles. The van der Waals surface area contributed by atoms with E-state index in [4.69, 9.17) is 21.1 Å². The third-order valence-corrected chi connectivity index (χ3v) is 2.56. The Bertz CT molecular complexity index is 516. The van der Waals surface area contributed by atoms with Crippen molar-refractivity contribution >= 4 is 17.6 Å². The molecular formula is C12H9ClO3. The average Bonchev–Trinajstić information content (AvgIpc) is 2.70. The molecular weight excluding hydrogens is 228 g/mol. The summed E-state index contributed by atoms with van der Waals surface area (Å²) in [6.45, 7) is 0. The number of aromatic carboxylic acids is 1. The van der Waals surface area contributed by atoms with Crippen LogP contribution in [-0.2, 0) is 6.42 Å². The van der Waals surface area contributed by atoms with Crippen molar-refractivity contribution in [1.82, 2.24) is 0 Å². The van der Waals surface area contributed by atoms with E-state index in [9.17, 15) is 4.79 Å². The maximum absolute atomic E-state index is 10.6. The summed E-state index contributed by atoms with van der Waals surface area (Å²) in [6, 6.07) is 10.5. The van der Waals surface area contributed by atoms with Gasteiger partial charge in [-0.1, -0.05) is 29.8 Å². The SMILES string of the molecule is O=C(O)c1ccc(Cc2ccccc2Cl)o1. The third kappa shape index (κ3) is 2.25. The molecule has 16 heavy (non-hydrogen) atoms. The molecule has 0 unspecified atom stereocenters. The van der Waals surface area contributed by atoms with Crippen molar-refractivity contribution in [2.75, 3.05) is 0 Å². The van der Waals surface area contributed by atoms with Crippen LogP contribution in [-0.4, -0.2) is 11.1 Å². The summed E-state index contributed by atoms with van der Waals surface area (Å²) in [5.41, 5.74) is 0.912. The summed E-state index contributed by atoms with van der Waals surface area (Å²) in [6.07, 6.45) is 0.493. The standard InChI is InChI=1S/C12H9ClO3/c13-10-4-2-1-3-8(10)7-9-5-6-11(16-9)12(14)15/h1-6H,7H2,(H,14,15). The van der Waals surface area contributed by atoms with E-state index in [1.54, 1.807) is 12.1 Å². The summed E-state index contributed by atoms with van der Waals surface area (Å²) in [4.78, 5) is 10.6. The van der Waals surface area contributed by atoms with Crippen LogP contribution in [0.15, 0.2) is 40.8 Å². The number of halogens is 1. The number of hydrogen-bond acceptors (Lipinski definition) is 2. The molecule has 82 valence electrons. The van der Waals surface area contributed by atoms with Gasteiger partial charge in [0.05, 0.1) is 0 Å². The van der Waals surface area contributed by atoms with Crippen LogP contribution in [0.2, 0.25) is 5.02 Å². The molecule has 1 N–H and O–H groups in total. The van der Waals surface area contributed by atoms with Crippen LogP contribution >= 0.6 is 11.6 Å². The second kappa shape index (κ2) is 4.41. The van der Waals surface area contributed by atoms with E-state index < -0.39 is 5.97 Å². The van der Waals surface area contributed by atoms with Gasteiger partial charge in [0.1, 0.15) is 5.76 Å². The summed E-state index contributed by atoms with van der Waals surface area (Å²) in [7, 11) is 0. The lowest BCUT2D eigenvalue weighted by atomic mass is 10.1. The van der Waals surface area contributed by atoms with Gasteiger partial charge in [-0.15, -0.1) is 0 Å². The topological polar surface area (TPSA) is 50.4 Å². The number of carboxylic acids is 1.